The second-order valence-electron chi connectivity index (χ2n) is 4.57. The number of aromatic carboxylic acids is 1. The molecule has 0 saturated carbocycles. The molecule has 0 aromatic heterocycles. The quantitative estimate of drug-likeness (QED) is 0.671. The van der Waals surface area contributed by atoms with Crippen LogP contribution in [0.3, 0.4) is 0 Å². The number of hydrogen-bond acceptors (Lipinski definition) is 3. The van der Waals surface area contributed by atoms with Crippen molar-refractivity contribution in [2.45, 2.75) is 26.8 Å². The Labute approximate surface area is 115 Å². The number of likely N-dealkylation sites (N-methyl/N-ethyl adjacent to an activating group) is 1. The Morgan fingerprint density at radius 3 is 2.63 bits per heavy atom. The van der Waals surface area contributed by atoms with Crippen LogP contribution in [0.1, 0.15) is 36.2 Å². The summed E-state index contributed by atoms with van der Waals surface area (Å²) in [6.45, 7) is 8.99. The average molecular weight is 264 g/mol. The largest absolute Gasteiger partial charge is 0.478 e. The van der Waals surface area contributed by atoms with E-state index in [1.54, 1.807) is 12.1 Å². The van der Waals surface area contributed by atoms with Crippen molar-refractivity contribution in [3.63, 3.8) is 0 Å². The fourth-order valence-electron chi connectivity index (χ4n) is 2.09. The molecule has 1 aromatic rings. The van der Waals surface area contributed by atoms with E-state index in [1.807, 2.05) is 12.1 Å². The number of nitrogens with zero attached hydrogens (tertiary/aromatic N) is 1. The number of benzene rings is 1. The topological polar surface area (TPSA) is 52.6 Å². The highest BCUT2D eigenvalue weighted by Gasteiger charge is 2.08. The van der Waals surface area contributed by atoms with Crippen molar-refractivity contribution >= 4 is 5.97 Å². The first-order chi connectivity index (χ1) is 9.19. The molecule has 0 unspecified atom stereocenters. The van der Waals surface area contributed by atoms with Gasteiger partial charge < -0.3 is 15.3 Å². The van der Waals surface area contributed by atoms with Crippen LogP contribution in [-0.4, -0.2) is 42.2 Å². The van der Waals surface area contributed by atoms with Crippen LogP contribution in [0, 0.1) is 0 Å². The third-order valence-corrected chi connectivity index (χ3v) is 3.16. The van der Waals surface area contributed by atoms with Gasteiger partial charge in [0.25, 0.3) is 0 Å². The van der Waals surface area contributed by atoms with Gasteiger partial charge in [0.2, 0.25) is 0 Å². The van der Waals surface area contributed by atoms with Gasteiger partial charge in [-0.25, -0.2) is 4.79 Å². The van der Waals surface area contributed by atoms with Crippen molar-refractivity contribution in [1.29, 1.82) is 0 Å². The summed E-state index contributed by atoms with van der Waals surface area (Å²) in [4.78, 5) is 13.4. The van der Waals surface area contributed by atoms with Gasteiger partial charge in [-0.15, -0.1) is 0 Å². The van der Waals surface area contributed by atoms with Gasteiger partial charge in [0.05, 0.1) is 5.56 Å². The Morgan fingerprint density at radius 1 is 1.26 bits per heavy atom. The monoisotopic (exact) mass is 264 g/mol. The molecule has 0 amide bonds. The molecule has 0 heterocycles. The molecule has 0 spiro atoms. The average Bonchev–Trinajstić information content (AvgIpc) is 2.42. The number of rotatable bonds is 9. The number of hydrogen-bond donors (Lipinski definition) is 2. The maximum Gasteiger partial charge on any atom is 0.336 e. The van der Waals surface area contributed by atoms with E-state index in [2.05, 4.69) is 24.1 Å². The predicted octanol–water partition coefficient (Wildman–Crippen LogP) is 2.21. The first-order valence-electron chi connectivity index (χ1n) is 6.93. The molecule has 2 N–H and O–H groups in total. The van der Waals surface area contributed by atoms with Crippen LogP contribution in [0.25, 0.3) is 0 Å². The Morgan fingerprint density at radius 2 is 2.00 bits per heavy atom. The van der Waals surface area contributed by atoms with Crippen molar-refractivity contribution < 1.29 is 9.90 Å². The molecular formula is C15H24N2O2. The van der Waals surface area contributed by atoms with Crippen molar-refractivity contribution in [2.24, 2.45) is 0 Å². The van der Waals surface area contributed by atoms with E-state index >= 15 is 0 Å². The minimum absolute atomic E-state index is 0.385. The summed E-state index contributed by atoms with van der Waals surface area (Å²) in [5.74, 6) is -0.862. The molecule has 1 rings (SSSR count). The number of carbonyl (C=O) groups is 1. The summed E-state index contributed by atoms with van der Waals surface area (Å²) in [5.41, 5.74) is 1.23. The first kappa shape index (κ1) is 15.7. The molecular weight excluding hydrogens is 240 g/mol. The lowest BCUT2D eigenvalue weighted by atomic mass is 10.1. The van der Waals surface area contributed by atoms with Crippen LogP contribution >= 0.6 is 0 Å². The highest BCUT2D eigenvalue weighted by molar-refractivity contribution is 5.89. The van der Waals surface area contributed by atoms with E-state index in [4.69, 9.17) is 5.11 Å². The fourth-order valence-corrected chi connectivity index (χ4v) is 2.09. The van der Waals surface area contributed by atoms with Crippen molar-refractivity contribution in [2.75, 3.05) is 26.2 Å². The molecule has 4 nitrogen and oxygen atoms in total. The van der Waals surface area contributed by atoms with Crippen LogP contribution in [0.15, 0.2) is 24.3 Å². The maximum atomic E-state index is 11.1. The van der Waals surface area contributed by atoms with Gasteiger partial charge in [-0.2, -0.15) is 0 Å². The van der Waals surface area contributed by atoms with Crippen LogP contribution in [0.4, 0.5) is 0 Å². The summed E-state index contributed by atoms with van der Waals surface area (Å²) < 4.78 is 0. The molecule has 4 heteroatoms. The number of carboxylic acid groups (broad SMARTS) is 1. The van der Waals surface area contributed by atoms with Crippen molar-refractivity contribution in [1.82, 2.24) is 10.2 Å². The molecule has 0 saturated heterocycles. The van der Waals surface area contributed by atoms with Gasteiger partial charge >= 0.3 is 5.97 Å². The third-order valence-electron chi connectivity index (χ3n) is 3.16. The SMILES string of the molecule is CCCN(CC)CCNCc1ccccc1C(=O)O. The van der Waals surface area contributed by atoms with Gasteiger partial charge in [0.1, 0.15) is 0 Å². The van der Waals surface area contributed by atoms with E-state index in [0.29, 0.717) is 12.1 Å². The standard InChI is InChI=1S/C15H24N2O2/c1-3-10-17(4-2)11-9-16-12-13-7-5-6-8-14(13)15(18)19/h5-8,16H,3-4,9-12H2,1-2H3,(H,18,19). The lowest BCUT2D eigenvalue weighted by Gasteiger charge is -2.19. The zero-order chi connectivity index (χ0) is 14.1. The van der Waals surface area contributed by atoms with Gasteiger partial charge in [-0.1, -0.05) is 32.0 Å². The second-order valence-corrected chi connectivity index (χ2v) is 4.57. The Bertz CT molecular complexity index is 393. The van der Waals surface area contributed by atoms with Crippen LogP contribution in [-0.2, 0) is 6.54 Å². The highest BCUT2D eigenvalue weighted by Crippen LogP contribution is 2.08. The summed E-state index contributed by atoms with van der Waals surface area (Å²) in [7, 11) is 0. The molecule has 0 aliphatic heterocycles. The molecule has 106 valence electrons. The zero-order valence-electron chi connectivity index (χ0n) is 11.9. The van der Waals surface area contributed by atoms with Gasteiger partial charge in [-0.05, 0) is 31.1 Å². The van der Waals surface area contributed by atoms with Crippen LogP contribution in [0.5, 0.6) is 0 Å². The molecule has 0 atom stereocenters. The van der Waals surface area contributed by atoms with E-state index in [1.165, 1.54) is 0 Å². The molecule has 0 bridgehead atoms. The normalized spacial score (nSPS) is 10.9. The van der Waals surface area contributed by atoms with Gasteiger partial charge in [-0.3, -0.25) is 0 Å². The summed E-state index contributed by atoms with van der Waals surface area (Å²) in [6.07, 6.45) is 1.16. The maximum absolute atomic E-state index is 11.1. The van der Waals surface area contributed by atoms with Crippen molar-refractivity contribution in [3.8, 4) is 0 Å². The van der Waals surface area contributed by atoms with Gasteiger partial charge in [0.15, 0.2) is 0 Å². The third kappa shape index (κ3) is 5.41. The minimum atomic E-state index is -0.862. The van der Waals surface area contributed by atoms with E-state index < -0.39 is 5.97 Å². The molecule has 0 fully saturated rings. The molecule has 0 aliphatic rings. The number of nitrogens with one attached hydrogen (secondary N) is 1. The Hall–Kier alpha value is -1.39. The Kier molecular flexibility index (Phi) is 7.15. The van der Waals surface area contributed by atoms with E-state index in [9.17, 15) is 4.79 Å². The van der Waals surface area contributed by atoms with E-state index in [-0.39, 0.29) is 0 Å². The predicted molar refractivity (Wildman–Crippen MR) is 77.5 cm³/mol. The highest BCUT2D eigenvalue weighted by atomic mass is 16.4. The van der Waals surface area contributed by atoms with E-state index in [0.717, 1.165) is 38.2 Å². The zero-order valence-corrected chi connectivity index (χ0v) is 11.9. The Balaban J connectivity index is 2.39. The molecule has 1 aromatic carbocycles. The summed E-state index contributed by atoms with van der Waals surface area (Å²) >= 11 is 0. The lowest BCUT2D eigenvalue weighted by Crippen LogP contribution is -2.32. The fraction of sp³-hybridized carbons (Fsp3) is 0.533. The lowest BCUT2D eigenvalue weighted by molar-refractivity contribution is 0.0695. The van der Waals surface area contributed by atoms with Gasteiger partial charge in [0, 0.05) is 19.6 Å². The molecule has 19 heavy (non-hydrogen) atoms. The first-order valence-corrected chi connectivity index (χ1v) is 6.93. The molecule has 0 aliphatic carbocycles. The summed E-state index contributed by atoms with van der Waals surface area (Å²) in [5, 5.41) is 12.4. The van der Waals surface area contributed by atoms with Crippen LogP contribution in [0.2, 0.25) is 0 Å². The van der Waals surface area contributed by atoms with Crippen molar-refractivity contribution in [3.05, 3.63) is 35.4 Å². The minimum Gasteiger partial charge on any atom is -0.478 e. The second kappa shape index (κ2) is 8.67. The summed E-state index contributed by atoms with van der Waals surface area (Å²) in [6, 6.07) is 7.14. The molecule has 0 radical (unpaired) electrons. The number of carboxylic acids is 1. The van der Waals surface area contributed by atoms with Crippen LogP contribution < -0.4 is 5.32 Å². The smallest absolute Gasteiger partial charge is 0.336 e.